The third-order valence-electron chi connectivity index (χ3n) is 2.56. The number of aromatic nitrogens is 2. The summed E-state index contributed by atoms with van der Waals surface area (Å²) in [5.74, 6) is -2.09. The highest BCUT2D eigenvalue weighted by Crippen LogP contribution is 2.23. The Morgan fingerprint density at radius 2 is 2.11 bits per heavy atom. The summed E-state index contributed by atoms with van der Waals surface area (Å²) >= 11 is 6.00. The fraction of sp³-hybridized carbons (Fsp3) is 0.250. The van der Waals surface area contributed by atoms with E-state index in [4.69, 9.17) is 16.3 Å². The van der Waals surface area contributed by atoms with Crippen molar-refractivity contribution in [2.24, 2.45) is 7.05 Å². The van der Waals surface area contributed by atoms with Gasteiger partial charge in [0.25, 0.3) is 0 Å². The Balaban J connectivity index is 2.19. The summed E-state index contributed by atoms with van der Waals surface area (Å²) in [5.41, 5.74) is 1.35. The van der Waals surface area contributed by atoms with E-state index in [-0.39, 0.29) is 12.4 Å². The number of aryl methyl sites for hydroxylation is 2. The van der Waals surface area contributed by atoms with Gasteiger partial charge in [-0.25, -0.2) is 4.39 Å². The molecule has 3 nitrogen and oxygen atoms in total. The molecule has 0 fully saturated rings. The number of hydrogen-bond donors (Lipinski definition) is 0. The summed E-state index contributed by atoms with van der Waals surface area (Å²) in [6.45, 7) is 1.81. The van der Waals surface area contributed by atoms with Gasteiger partial charge in [0.05, 0.1) is 5.69 Å². The van der Waals surface area contributed by atoms with Gasteiger partial charge in [-0.1, -0.05) is 17.7 Å². The fourth-order valence-electron chi connectivity index (χ4n) is 1.58. The van der Waals surface area contributed by atoms with Crippen molar-refractivity contribution < 1.29 is 13.5 Å². The molecule has 0 saturated heterocycles. The van der Waals surface area contributed by atoms with Crippen LogP contribution >= 0.6 is 11.6 Å². The van der Waals surface area contributed by atoms with Crippen molar-refractivity contribution in [1.82, 2.24) is 9.78 Å². The minimum atomic E-state index is -1.00. The molecule has 1 heterocycles. The molecule has 96 valence electrons. The zero-order chi connectivity index (χ0) is 13.3. The van der Waals surface area contributed by atoms with Crippen LogP contribution < -0.4 is 4.74 Å². The minimum absolute atomic E-state index is 0.0406. The van der Waals surface area contributed by atoms with Crippen LogP contribution in [0.5, 0.6) is 5.75 Å². The maximum atomic E-state index is 13.4. The average Bonchev–Trinajstić information content (AvgIpc) is 2.56. The second-order valence-corrected chi connectivity index (χ2v) is 4.18. The topological polar surface area (TPSA) is 27.1 Å². The normalized spacial score (nSPS) is 10.7. The predicted molar refractivity (Wildman–Crippen MR) is 63.6 cm³/mol. The molecular formula is C12H11ClF2N2O. The lowest BCUT2D eigenvalue weighted by Crippen LogP contribution is -2.00. The Labute approximate surface area is 108 Å². The van der Waals surface area contributed by atoms with Crippen LogP contribution in [0.4, 0.5) is 8.78 Å². The zero-order valence-corrected chi connectivity index (χ0v) is 10.6. The Morgan fingerprint density at radius 1 is 1.39 bits per heavy atom. The largest absolute Gasteiger partial charge is 0.486 e. The molecule has 0 unspecified atom stereocenters. The lowest BCUT2D eigenvalue weighted by Gasteiger charge is -2.07. The van der Waals surface area contributed by atoms with Crippen LogP contribution in [0.2, 0.25) is 5.15 Å². The van der Waals surface area contributed by atoms with Crippen molar-refractivity contribution in [1.29, 1.82) is 0 Å². The average molecular weight is 273 g/mol. The summed E-state index contributed by atoms with van der Waals surface area (Å²) in [7, 11) is 1.70. The third-order valence-corrected chi connectivity index (χ3v) is 3.03. The molecule has 0 aliphatic heterocycles. The first-order valence-electron chi connectivity index (χ1n) is 5.25. The van der Waals surface area contributed by atoms with Crippen LogP contribution in [0.1, 0.15) is 11.3 Å². The van der Waals surface area contributed by atoms with Crippen molar-refractivity contribution in [2.45, 2.75) is 13.5 Å². The van der Waals surface area contributed by atoms with Crippen LogP contribution in [0.25, 0.3) is 0 Å². The molecule has 18 heavy (non-hydrogen) atoms. The summed E-state index contributed by atoms with van der Waals surface area (Å²) < 4.78 is 33.1. The van der Waals surface area contributed by atoms with Crippen LogP contribution in [0, 0.1) is 18.6 Å². The first-order valence-corrected chi connectivity index (χ1v) is 5.63. The molecule has 0 spiro atoms. The third kappa shape index (κ3) is 2.31. The standard InChI is InChI=1S/C12H11ClF2N2O/c1-7-8(12(13)17(2)16-7)6-18-10-5-3-4-9(14)11(10)15/h3-5H,6H2,1-2H3. The smallest absolute Gasteiger partial charge is 0.200 e. The second kappa shape index (κ2) is 4.94. The highest BCUT2D eigenvalue weighted by Gasteiger charge is 2.14. The van der Waals surface area contributed by atoms with E-state index in [0.29, 0.717) is 16.4 Å². The lowest BCUT2D eigenvalue weighted by atomic mass is 10.3. The van der Waals surface area contributed by atoms with E-state index >= 15 is 0 Å². The molecule has 1 aromatic carbocycles. The summed E-state index contributed by atoms with van der Waals surface area (Å²) in [5, 5.41) is 4.52. The molecule has 0 aliphatic rings. The van der Waals surface area contributed by atoms with Crippen LogP contribution in [0.15, 0.2) is 18.2 Å². The first-order chi connectivity index (χ1) is 8.50. The molecule has 0 aliphatic carbocycles. The lowest BCUT2D eigenvalue weighted by molar-refractivity contribution is 0.284. The summed E-state index contributed by atoms with van der Waals surface area (Å²) in [6.07, 6.45) is 0. The van der Waals surface area contributed by atoms with E-state index < -0.39 is 11.6 Å². The van der Waals surface area contributed by atoms with Crippen LogP contribution in [-0.2, 0) is 13.7 Å². The maximum Gasteiger partial charge on any atom is 0.200 e. The van der Waals surface area contributed by atoms with Gasteiger partial charge in [-0.3, -0.25) is 4.68 Å². The molecule has 2 aromatic rings. The molecule has 1 aromatic heterocycles. The number of halogens is 3. The quantitative estimate of drug-likeness (QED) is 0.858. The van der Waals surface area contributed by atoms with Gasteiger partial charge < -0.3 is 4.74 Å². The molecule has 0 saturated carbocycles. The monoisotopic (exact) mass is 272 g/mol. The van der Waals surface area contributed by atoms with Gasteiger partial charge >= 0.3 is 0 Å². The van der Waals surface area contributed by atoms with Gasteiger partial charge in [0, 0.05) is 12.6 Å². The van der Waals surface area contributed by atoms with Crippen molar-refractivity contribution in [2.75, 3.05) is 0 Å². The highest BCUT2D eigenvalue weighted by atomic mass is 35.5. The second-order valence-electron chi connectivity index (χ2n) is 3.82. The summed E-state index contributed by atoms with van der Waals surface area (Å²) in [6, 6.07) is 3.77. The molecule has 0 N–H and O–H groups in total. The Hall–Kier alpha value is -1.62. The van der Waals surface area contributed by atoms with Gasteiger partial charge in [-0.15, -0.1) is 0 Å². The zero-order valence-electron chi connectivity index (χ0n) is 9.88. The van der Waals surface area contributed by atoms with E-state index in [2.05, 4.69) is 5.10 Å². The number of ether oxygens (including phenoxy) is 1. The molecule has 0 atom stereocenters. The summed E-state index contributed by atoms with van der Waals surface area (Å²) in [4.78, 5) is 0. The Bertz CT molecular complexity index is 584. The van der Waals surface area contributed by atoms with Gasteiger partial charge in [0.1, 0.15) is 11.8 Å². The number of nitrogens with zero attached hydrogens (tertiary/aromatic N) is 2. The SMILES string of the molecule is Cc1nn(C)c(Cl)c1COc1cccc(F)c1F. The molecular weight excluding hydrogens is 262 g/mol. The van der Waals surface area contributed by atoms with E-state index in [1.165, 1.54) is 16.8 Å². The van der Waals surface area contributed by atoms with E-state index in [9.17, 15) is 8.78 Å². The van der Waals surface area contributed by atoms with Gasteiger partial charge in [-0.2, -0.15) is 9.49 Å². The molecule has 0 bridgehead atoms. The Kier molecular flexibility index (Phi) is 3.52. The number of benzene rings is 1. The molecule has 6 heteroatoms. The van der Waals surface area contributed by atoms with Crippen molar-refractivity contribution in [3.63, 3.8) is 0 Å². The Morgan fingerprint density at radius 3 is 2.72 bits per heavy atom. The van der Waals surface area contributed by atoms with Gasteiger partial charge in [-0.05, 0) is 19.1 Å². The van der Waals surface area contributed by atoms with Crippen molar-refractivity contribution in [3.05, 3.63) is 46.2 Å². The predicted octanol–water partition coefficient (Wildman–Crippen LogP) is 3.24. The number of hydrogen-bond acceptors (Lipinski definition) is 2. The van der Waals surface area contributed by atoms with Crippen LogP contribution in [0.3, 0.4) is 0 Å². The highest BCUT2D eigenvalue weighted by molar-refractivity contribution is 6.30. The molecule has 0 amide bonds. The van der Waals surface area contributed by atoms with Crippen molar-refractivity contribution >= 4 is 11.6 Å². The molecule has 0 radical (unpaired) electrons. The van der Waals surface area contributed by atoms with Crippen LogP contribution in [-0.4, -0.2) is 9.78 Å². The fourth-order valence-corrected chi connectivity index (χ4v) is 1.81. The van der Waals surface area contributed by atoms with E-state index in [0.717, 1.165) is 6.07 Å². The van der Waals surface area contributed by atoms with Gasteiger partial charge in [0.2, 0.25) is 5.82 Å². The van der Waals surface area contributed by atoms with E-state index in [1.54, 1.807) is 14.0 Å². The molecule has 2 rings (SSSR count). The maximum absolute atomic E-state index is 13.4. The van der Waals surface area contributed by atoms with Gasteiger partial charge in [0.15, 0.2) is 11.6 Å². The minimum Gasteiger partial charge on any atom is -0.486 e. The van der Waals surface area contributed by atoms with Crippen molar-refractivity contribution in [3.8, 4) is 5.75 Å². The van der Waals surface area contributed by atoms with E-state index in [1.807, 2.05) is 0 Å². The number of rotatable bonds is 3. The first kappa shape index (κ1) is 12.8.